The van der Waals surface area contributed by atoms with Gasteiger partial charge in [0.2, 0.25) is 11.8 Å². The highest BCUT2D eigenvalue weighted by atomic mass is 32.1. The van der Waals surface area contributed by atoms with Crippen LogP contribution in [-0.4, -0.2) is 53.8 Å². The minimum Gasteiger partial charge on any atom is -0.350 e. The number of carbonyl (C=O) groups excluding carboxylic acids is 2. The van der Waals surface area contributed by atoms with Crippen LogP contribution < -0.4 is 5.32 Å². The fourth-order valence-corrected chi connectivity index (χ4v) is 5.34. The molecule has 0 aliphatic carbocycles. The van der Waals surface area contributed by atoms with Crippen LogP contribution in [0.3, 0.4) is 0 Å². The molecular formula is C18H25N3O2S. The molecule has 3 fully saturated rings. The van der Waals surface area contributed by atoms with Gasteiger partial charge >= 0.3 is 0 Å². The number of piperidine rings is 3. The van der Waals surface area contributed by atoms with Gasteiger partial charge in [-0.15, -0.1) is 11.3 Å². The number of likely N-dealkylation sites (tertiary alicyclic amines) is 1. The summed E-state index contributed by atoms with van der Waals surface area (Å²) in [4.78, 5) is 30.1. The summed E-state index contributed by atoms with van der Waals surface area (Å²) in [5, 5.41) is 5.06. The first-order valence-corrected chi connectivity index (χ1v) is 9.88. The number of thiophene rings is 1. The van der Waals surface area contributed by atoms with Crippen molar-refractivity contribution in [3.8, 4) is 0 Å². The first-order chi connectivity index (χ1) is 11.7. The summed E-state index contributed by atoms with van der Waals surface area (Å²) in [6, 6.07) is 4.47. The van der Waals surface area contributed by atoms with E-state index in [2.05, 4.69) is 15.1 Å². The Morgan fingerprint density at radius 2 is 2.25 bits per heavy atom. The molecule has 0 spiro atoms. The van der Waals surface area contributed by atoms with Gasteiger partial charge in [0.25, 0.3) is 0 Å². The molecule has 0 unspecified atom stereocenters. The van der Waals surface area contributed by atoms with Crippen LogP contribution in [0.2, 0.25) is 0 Å². The van der Waals surface area contributed by atoms with Crippen LogP contribution in [0.15, 0.2) is 17.5 Å². The van der Waals surface area contributed by atoms with Crippen LogP contribution in [0.5, 0.6) is 0 Å². The summed E-state index contributed by atoms with van der Waals surface area (Å²) in [5.74, 6) is 1.54. The van der Waals surface area contributed by atoms with Gasteiger partial charge in [0, 0.05) is 37.0 Å². The molecule has 2 bridgehead atoms. The van der Waals surface area contributed by atoms with Gasteiger partial charge in [-0.1, -0.05) is 6.07 Å². The number of rotatable bonds is 4. The Hall–Kier alpha value is -1.40. The fraction of sp³-hybridized carbons (Fsp3) is 0.667. The number of amides is 2. The maximum atomic E-state index is 12.2. The molecule has 24 heavy (non-hydrogen) atoms. The predicted octanol–water partition coefficient (Wildman–Crippen LogP) is 1.70. The monoisotopic (exact) mass is 347 g/mol. The number of hydrogen-bond donors (Lipinski definition) is 1. The molecule has 1 aromatic heterocycles. The topological polar surface area (TPSA) is 52.7 Å². The second-order valence-corrected chi connectivity index (χ2v) is 8.45. The van der Waals surface area contributed by atoms with Crippen molar-refractivity contribution in [2.45, 2.75) is 38.3 Å². The Labute approximate surface area is 147 Å². The van der Waals surface area contributed by atoms with Gasteiger partial charge in [0.05, 0.1) is 13.1 Å². The lowest BCUT2D eigenvalue weighted by Crippen LogP contribution is -2.61. The average Bonchev–Trinajstić information content (AvgIpc) is 3.07. The highest BCUT2D eigenvalue weighted by Gasteiger charge is 2.43. The zero-order chi connectivity index (χ0) is 16.5. The van der Waals surface area contributed by atoms with Crippen molar-refractivity contribution in [1.82, 2.24) is 15.1 Å². The van der Waals surface area contributed by atoms with Crippen LogP contribution in [0, 0.1) is 11.8 Å². The summed E-state index contributed by atoms with van der Waals surface area (Å²) in [6.45, 7) is 3.91. The van der Waals surface area contributed by atoms with E-state index in [4.69, 9.17) is 0 Å². The fourth-order valence-electron chi connectivity index (χ4n) is 4.70. The standard InChI is InChI=1S/C18H25N3O2S/c22-17(19-8-15-3-2-6-24-15)12-20-9-13-7-14(11-20)16-4-1-5-18(23)21(16)10-13/h2-3,6,13-14,16H,1,4-5,7-12H2,(H,19,22)/t13-,14-,16-/m1/s1. The normalized spacial score (nSPS) is 30.1. The van der Waals surface area contributed by atoms with E-state index in [0.29, 0.717) is 36.9 Å². The molecule has 1 N–H and O–H groups in total. The highest BCUT2D eigenvalue weighted by molar-refractivity contribution is 7.09. The maximum Gasteiger partial charge on any atom is 0.234 e. The summed E-state index contributed by atoms with van der Waals surface area (Å²) in [6.07, 6.45) is 4.12. The van der Waals surface area contributed by atoms with Crippen molar-refractivity contribution in [1.29, 1.82) is 0 Å². The molecule has 130 valence electrons. The first kappa shape index (κ1) is 16.1. The van der Waals surface area contributed by atoms with E-state index in [1.807, 2.05) is 17.5 Å². The minimum atomic E-state index is 0.111. The van der Waals surface area contributed by atoms with Crippen LogP contribution >= 0.6 is 11.3 Å². The number of carbonyl (C=O) groups is 2. The van der Waals surface area contributed by atoms with E-state index in [1.54, 1.807) is 11.3 Å². The van der Waals surface area contributed by atoms with Gasteiger partial charge < -0.3 is 10.2 Å². The van der Waals surface area contributed by atoms with E-state index in [1.165, 1.54) is 11.3 Å². The smallest absolute Gasteiger partial charge is 0.234 e. The predicted molar refractivity (Wildman–Crippen MR) is 93.6 cm³/mol. The molecule has 0 saturated carbocycles. The number of nitrogens with one attached hydrogen (secondary N) is 1. The van der Waals surface area contributed by atoms with Gasteiger partial charge in [-0.2, -0.15) is 0 Å². The third kappa shape index (κ3) is 3.35. The van der Waals surface area contributed by atoms with E-state index in [9.17, 15) is 9.59 Å². The summed E-state index contributed by atoms with van der Waals surface area (Å²) in [7, 11) is 0. The lowest BCUT2D eigenvalue weighted by Gasteiger charge is -2.52. The van der Waals surface area contributed by atoms with Crippen LogP contribution in [0.25, 0.3) is 0 Å². The molecule has 3 aliphatic rings. The van der Waals surface area contributed by atoms with Crippen molar-refractivity contribution in [2.75, 3.05) is 26.2 Å². The largest absolute Gasteiger partial charge is 0.350 e. The molecule has 0 aromatic carbocycles. The molecule has 0 radical (unpaired) electrons. The molecule has 4 rings (SSSR count). The number of fused-ring (bicyclic) bond motifs is 4. The van der Waals surface area contributed by atoms with Crippen LogP contribution in [0.4, 0.5) is 0 Å². The van der Waals surface area contributed by atoms with E-state index >= 15 is 0 Å². The zero-order valence-corrected chi connectivity index (χ0v) is 14.8. The van der Waals surface area contributed by atoms with Crippen molar-refractivity contribution >= 4 is 23.2 Å². The Balaban J connectivity index is 1.32. The Bertz CT molecular complexity index is 603. The second-order valence-electron chi connectivity index (χ2n) is 7.42. The van der Waals surface area contributed by atoms with Crippen molar-refractivity contribution in [3.05, 3.63) is 22.4 Å². The highest BCUT2D eigenvalue weighted by Crippen LogP contribution is 2.37. The van der Waals surface area contributed by atoms with E-state index in [-0.39, 0.29) is 5.91 Å². The first-order valence-electron chi connectivity index (χ1n) is 9.00. The SMILES string of the molecule is O=C(CN1C[C@H]2C[C@H](C1)[C@H]1CCCC(=O)N1C2)NCc1cccs1. The Morgan fingerprint density at radius 3 is 3.08 bits per heavy atom. The second kappa shape index (κ2) is 6.84. The maximum absolute atomic E-state index is 12.2. The van der Waals surface area contributed by atoms with Crippen molar-refractivity contribution in [2.24, 2.45) is 11.8 Å². The summed E-state index contributed by atoms with van der Waals surface area (Å²) < 4.78 is 0. The summed E-state index contributed by atoms with van der Waals surface area (Å²) >= 11 is 1.67. The van der Waals surface area contributed by atoms with Gasteiger partial charge in [0.1, 0.15) is 0 Å². The third-order valence-electron chi connectivity index (χ3n) is 5.66. The Morgan fingerprint density at radius 1 is 1.33 bits per heavy atom. The molecule has 5 nitrogen and oxygen atoms in total. The molecule has 6 heteroatoms. The van der Waals surface area contributed by atoms with Gasteiger partial charge in [-0.05, 0) is 42.5 Å². The van der Waals surface area contributed by atoms with Crippen molar-refractivity contribution < 1.29 is 9.59 Å². The van der Waals surface area contributed by atoms with Crippen LogP contribution in [0.1, 0.15) is 30.6 Å². The van der Waals surface area contributed by atoms with Gasteiger partial charge in [-0.25, -0.2) is 0 Å². The molecule has 1 aromatic rings. The molecule has 3 aliphatic heterocycles. The van der Waals surface area contributed by atoms with Crippen LogP contribution in [-0.2, 0) is 16.1 Å². The summed E-state index contributed by atoms with van der Waals surface area (Å²) in [5.41, 5.74) is 0. The molecule has 4 heterocycles. The number of hydrogen-bond acceptors (Lipinski definition) is 4. The lowest BCUT2D eigenvalue weighted by molar-refractivity contribution is -0.145. The molecule has 3 atom stereocenters. The van der Waals surface area contributed by atoms with E-state index < -0.39 is 0 Å². The minimum absolute atomic E-state index is 0.111. The van der Waals surface area contributed by atoms with Gasteiger partial charge in [0.15, 0.2) is 0 Å². The lowest BCUT2D eigenvalue weighted by atomic mass is 9.76. The molecular weight excluding hydrogens is 322 g/mol. The Kier molecular flexibility index (Phi) is 4.59. The van der Waals surface area contributed by atoms with Crippen molar-refractivity contribution in [3.63, 3.8) is 0 Å². The zero-order valence-electron chi connectivity index (χ0n) is 13.9. The average molecular weight is 347 g/mol. The van der Waals surface area contributed by atoms with Gasteiger partial charge in [-0.3, -0.25) is 14.5 Å². The molecule has 3 saturated heterocycles. The third-order valence-corrected chi connectivity index (χ3v) is 6.54. The van der Waals surface area contributed by atoms with E-state index in [0.717, 1.165) is 38.9 Å². The molecule has 2 amide bonds. The quantitative estimate of drug-likeness (QED) is 0.902. The number of nitrogens with zero attached hydrogens (tertiary/aromatic N) is 2.